The van der Waals surface area contributed by atoms with Crippen LogP contribution < -0.4 is 0 Å². The number of halogens is 20. The molecule has 0 aromatic rings. The molecule has 0 radical (unpaired) electrons. The number of hydrogen-bond acceptors (Lipinski definition) is 3. The second-order valence-electron chi connectivity index (χ2n) is 6.42. The molecule has 36 heavy (non-hydrogen) atoms. The van der Waals surface area contributed by atoms with E-state index in [9.17, 15) is 92.4 Å². The number of rotatable bonds is 12. The van der Waals surface area contributed by atoms with Crippen molar-refractivity contribution < 1.29 is 101 Å². The first-order valence-corrected chi connectivity index (χ1v) is 9.17. The molecule has 2 atom stereocenters. The molecule has 0 aliphatic carbocycles. The summed E-state index contributed by atoms with van der Waals surface area (Å²) >= 11 is 0. The Morgan fingerprint density at radius 3 is 0.889 bits per heavy atom. The highest BCUT2D eigenvalue weighted by Crippen LogP contribution is 2.56. The lowest BCUT2D eigenvalue weighted by Crippen LogP contribution is -2.61. The van der Waals surface area contributed by atoms with E-state index in [1.165, 1.54) is 0 Å². The van der Waals surface area contributed by atoms with E-state index in [2.05, 4.69) is 9.05 Å². The first-order chi connectivity index (χ1) is 15.4. The van der Waals surface area contributed by atoms with E-state index in [-0.39, 0.29) is 0 Å². The minimum absolute atomic E-state index is 2.99. The average Bonchev–Trinajstić information content (AvgIpc) is 2.57. The van der Waals surface area contributed by atoms with E-state index in [4.69, 9.17) is 0 Å². The van der Waals surface area contributed by atoms with Gasteiger partial charge >= 0.3 is 56.1 Å². The van der Waals surface area contributed by atoms with Gasteiger partial charge in [-0.05, 0) is 0 Å². The third-order valence-corrected chi connectivity index (χ3v) is 4.60. The van der Waals surface area contributed by atoms with Crippen LogP contribution in [0.15, 0.2) is 0 Å². The first kappa shape index (κ1) is 34.8. The topological polar surface area (TPSA) is 35.5 Å². The van der Waals surface area contributed by atoms with E-state index < -0.39 is 81.7 Å². The summed E-state index contributed by atoms with van der Waals surface area (Å²) in [6.45, 7) is 0. The molecule has 0 saturated carbocycles. The Balaban J connectivity index is 5.37. The van der Waals surface area contributed by atoms with Gasteiger partial charge < -0.3 is 0 Å². The summed E-state index contributed by atoms with van der Waals surface area (Å²) in [7, 11) is -5.32. The summed E-state index contributed by atoms with van der Waals surface area (Å²) in [5.41, 5.74) is 0. The van der Waals surface area contributed by atoms with Crippen molar-refractivity contribution in [2.45, 2.75) is 73.4 Å². The van der Waals surface area contributed by atoms with E-state index in [0.717, 1.165) is 0 Å². The van der Waals surface area contributed by atoms with Crippen LogP contribution in [0.3, 0.4) is 0 Å². The summed E-state index contributed by atoms with van der Waals surface area (Å²) in [6, 6.07) is 0. The van der Waals surface area contributed by atoms with Crippen LogP contribution >= 0.6 is 8.25 Å². The SMILES string of the molecule is O=[PH](OC(F)CC(F)(F)C(F)(F)C(F)(F)C(F)(F)F)OC(F)CC(F)(F)C(F)(F)C(F)(F)C(F)(F)F. The number of hydrogen-bond donors (Lipinski definition) is 0. The van der Waals surface area contributed by atoms with Gasteiger partial charge in [0.15, 0.2) is 0 Å². The smallest absolute Gasteiger partial charge is 0.275 e. The fourth-order valence-corrected chi connectivity index (χ4v) is 2.43. The molecule has 0 spiro atoms. The van der Waals surface area contributed by atoms with Gasteiger partial charge in [0.25, 0.3) is 0 Å². The quantitative estimate of drug-likeness (QED) is 0.168. The Morgan fingerprint density at radius 2 is 0.694 bits per heavy atom. The Kier molecular flexibility index (Phi) is 9.79. The highest BCUT2D eigenvalue weighted by atomic mass is 31.1. The maximum Gasteiger partial charge on any atom is 0.460 e. The van der Waals surface area contributed by atoms with E-state index in [1.807, 2.05) is 0 Å². The molecule has 0 aromatic heterocycles. The molecule has 0 heterocycles. The van der Waals surface area contributed by atoms with Crippen LogP contribution in [0, 0.1) is 0 Å². The maximum atomic E-state index is 13.2. The average molecular weight is 610 g/mol. The standard InChI is InChI=1S/C12H7F20O3P/c13-3(1-5(15,16)7(19,20)9(23,24)11(27,28)29)34-36(33)35-4(14)2-6(17,18)8(21,22)10(25,26)12(30,31)32/h3-4,36H,1-2H2. The Hall–Kier alpha value is -1.25. The van der Waals surface area contributed by atoms with E-state index in [0.29, 0.717) is 0 Å². The Bertz CT molecular complexity index is 711. The lowest BCUT2D eigenvalue weighted by atomic mass is 10.0. The van der Waals surface area contributed by atoms with Crippen molar-refractivity contribution >= 4 is 8.25 Å². The van der Waals surface area contributed by atoms with Crippen LogP contribution in [0.2, 0.25) is 0 Å². The van der Waals surface area contributed by atoms with Gasteiger partial charge in [-0.1, -0.05) is 0 Å². The van der Waals surface area contributed by atoms with Crippen molar-refractivity contribution in [3.8, 4) is 0 Å². The molecule has 0 aliphatic heterocycles. The first-order valence-electron chi connectivity index (χ1n) is 7.95. The summed E-state index contributed by atoms with van der Waals surface area (Å²) < 4.78 is 270. The van der Waals surface area contributed by atoms with Gasteiger partial charge in [-0.2, -0.15) is 79.0 Å². The van der Waals surface area contributed by atoms with Crippen molar-refractivity contribution in [1.29, 1.82) is 0 Å². The maximum absolute atomic E-state index is 13.2. The molecule has 0 fully saturated rings. The second kappa shape index (κ2) is 10.1. The largest absolute Gasteiger partial charge is 0.460 e. The molecule has 0 rings (SSSR count). The zero-order valence-electron chi connectivity index (χ0n) is 15.9. The molecular formula is C12H7F20O3P. The molecule has 0 aliphatic rings. The van der Waals surface area contributed by atoms with Crippen LogP contribution in [0.25, 0.3) is 0 Å². The summed E-state index contributed by atoms with van der Waals surface area (Å²) in [5.74, 6) is -43.2. The molecule has 0 bridgehead atoms. The van der Waals surface area contributed by atoms with Gasteiger partial charge in [0.05, 0.1) is 12.8 Å². The Morgan fingerprint density at radius 1 is 0.472 bits per heavy atom. The van der Waals surface area contributed by atoms with Gasteiger partial charge in [-0.3, -0.25) is 13.6 Å². The van der Waals surface area contributed by atoms with E-state index >= 15 is 0 Å². The minimum Gasteiger partial charge on any atom is -0.275 e. The molecule has 24 heteroatoms. The normalized spacial score (nSPS) is 18.2. The molecule has 2 unspecified atom stereocenters. The predicted octanol–water partition coefficient (Wildman–Crippen LogP) is 7.72. The molecule has 0 aromatic carbocycles. The lowest BCUT2D eigenvalue weighted by Gasteiger charge is -2.34. The highest BCUT2D eigenvalue weighted by molar-refractivity contribution is 7.33. The summed E-state index contributed by atoms with van der Waals surface area (Å²) in [6.07, 6.45) is -30.4. The number of alkyl halides is 20. The van der Waals surface area contributed by atoms with Gasteiger partial charge in [0.1, 0.15) is 0 Å². The molecule has 0 N–H and O–H groups in total. The van der Waals surface area contributed by atoms with Crippen molar-refractivity contribution in [3.63, 3.8) is 0 Å². The fraction of sp³-hybridized carbons (Fsp3) is 1.00. The van der Waals surface area contributed by atoms with Gasteiger partial charge in [0.2, 0.25) is 12.7 Å². The van der Waals surface area contributed by atoms with Gasteiger partial charge in [0, 0.05) is 0 Å². The highest BCUT2D eigenvalue weighted by Gasteiger charge is 2.82. The zero-order chi connectivity index (χ0) is 29.6. The van der Waals surface area contributed by atoms with Crippen LogP contribution in [-0.2, 0) is 13.6 Å². The third kappa shape index (κ3) is 6.60. The molecular weight excluding hydrogens is 603 g/mol. The van der Waals surface area contributed by atoms with Crippen molar-refractivity contribution in [3.05, 3.63) is 0 Å². The van der Waals surface area contributed by atoms with Crippen LogP contribution in [-0.4, -0.2) is 60.6 Å². The molecule has 3 nitrogen and oxygen atoms in total. The minimum atomic E-state index is -7.51. The third-order valence-electron chi connectivity index (χ3n) is 3.70. The van der Waals surface area contributed by atoms with Crippen molar-refractivity contribution in [2.75, 3.05) is 0 Å². The lowest BCUT2D eigenvalue weighted by molar-refractivity contribution is -0.399. The zero-order valence-corrected chi connectivity index (χ0v) is 16.9. The van der Waals surface area contributed by atoms with Crippen LogP contribution in [0.4, 0.5) is 87.8 Å². The predicted molar refractivity (Wildman–Crippen MR) is 72.0 cm³/mol. The van der Waals surface area contributed by atoms with Crippen LogP contribution in [0.5, 0.6) is 0 Å². The molecule has 0 amide bonds. The van der Waals surface area contributed by atoms with Gasteiger partial charge in [-0.15, -0.1) is 0 Å². The Labute approximate surface area is 184 Å². The van der Waals surface area contributed by atoms with Crippen molar-refractivity contribution in [1.82, 2.24) is 0 Å². The monoisotopic (exact) mass is 610 g/mol. The summed E-state index contributed by atoms with van der Waals surface area (Å²) in [4.78, 5) is 0. The fourth-order valence-electron chi connectivity index (χ4n) is 1.79. The van der Waals surface area contributed by atoms with Crippen molar-refractivity contribution in [2.24, 2.45) is 0 Å². The second-order valence-corrected chi connectivity index (χ2v) is 7.39. The molecule has 0 saturated heterocycles. The summed E-state index contributed by atoms with van der Waals surface area (Å²) in [5, 5.41) is 0. The molecule has 218 valence electrons. The van der Waals surface area contributed by atoms with Crippen LogP contribution in [0.1, 0.15) is 12.8 Å². The van der Waals surface area contributed by atoms with Gasteiger partial charge in [-0.25, -0.2) is 8.78 Å². The van der Waals surface area contributed by atoms with E-state index in [1.54, 1.807) is 0 Å².